The van der Waals surface area contributed by atoms with Crippen molar-refractivity contribution in [1.29, 1.82) is 0 Å². The molecule has 0 aromatic heterocycles. The lowest BCUT2D eigenvalue weighted by atomic mass is 10.2. The zero-order valence-corrected chi connectivity index (χ0v) is 13.8. The van der Waals surface area contributed by atoms with Gasteiger partial charge in [-0.3, -0.25) is 4.72 Å². The number of phenolic OH excluding ortho intramolecular Hbond substituents is 1. The Morgan fingerprint density at radius 1 is 1.08 bits per heavy atom. The van der Waals surface area contributed by atoms with Gasteiger partial charge < -0.3 is 5.11 Å². The molecule has 0 bridgehead atoms. The Morgan fingerprint density at radius 2 is 1.67 bits per heavy atom. The van der Waals surface area contributed by atoms with Crippen molar-refractivity contribution in [3.63, 3.8) is 0 Å². The number of hydrogen-bond donors (Lipinski definition) is 2. The Hall–Kier alpha value is -2.07. The van der Waals surface area contributed by atoms with E-state index in [-0.39, 0.29) is 10.6 Å². The lowest BCUT2D eigenvalue weighted by molar-refractivity contribution is -0.0384. The highest BCUT2D eigenvalue weighted by Gasteiger charge is 2.37. The van der Waals surface area contributed by atoms with E-state index in [9.17, 15) is 30.9 Å². The van der Waals surface area contributed by atoms with Crippen LogP contribution in [-0.4, -0.2) is 23.2 Å². The molecule has 0 spiro atoms. The van der Waals surface area contributed by atoms with Gasteiger partial charge in [-0.15, -0.1) is 0 Å². The molecule has 0 unspecified atom stereocenters. The maximum Gasteiger partial charge on any atom is 0.475 e. The predicted molar refractivity (Wildman–Crippen MR) is 82.6 cm³/mol. The van der Waals surface area contributed by atoms with Crippen LogP contribution < -0.4 is 4.72 Å². The molecule has 1 atom stereocenters. The zero-order chi connectivity index (χ0) is 18.1. The van der Waals surface area contributed by atoms with E-state index in [1.54, 1.807) is 6.92 Å². The van der Waals surface area contributed by atoms with Crippen molar-refractivity contribution >= 4 is 26.5 Å². The minimum atomic E-state index is -4.89. The smallest absolute Gasteiger partial charge is 0.475 e. The number of aryl methyl sites for hydroxylation is 1. The first-order valence-electron chi connectivity index (χ1n) is 6.42. The second-order valence-electron chi connectivity index (χ2n) is 4.82. The van der Waals surface area contributed by atoms with Crippen molar-refractivity contribution < 1.29 is 30.9 Å². The average Bonchev–Trinajstić information content (AvgIpc) is 2.48. The summed E-state index contributed by atoms with van der Waals surface area (Å²) in [4.78, 5) is -0.853. The van der Waals surface area contributed by atoms with Gasteiger partial charge in [0.1, 0.15) is 10.6 Å². The van der Waals surface area contributed by atoms with E-state index in [0.717, 1.165) is 24.3 Å². The number of nitrogens with one attached hydrogen (secondary N) is 1. The summed E-state index contributed by atoms with van der Waals surface area (Å²) >= 11 is 0. The van der Waals surface area contributed by atoms with Crippen LogP contribution in [0.25, 0.3) is 0 Å². The van der Waals surface area contributed by atoms with Gasteiger partial charge in [-0.2, -0.15) is 13.2 Å². The average molecular weight is 379 g/mol. The summed E-state index contributed by atoms with van der Waals surface area (Å²) < 4.78 is 74.9. The van der Waals surface area contributed by atoms with Gasteiger partial charge in [0.25, 0.3) is 10.0 Å². The number of benzene rings is 2. The second-order valence-corrected chi connectivity index (χ2v) is 7.94. The molecule has 0 fully saturated rings. The third-order valence-electron chi connectivity index (χ3n) is 2.94. The van der Waals surface area contributed by atoms with Crippen LogP contribution in [0.2, 0.25) is 0 Å². The Balaban J connectivity index is 2.28. The molecule has 0 saturated carbocycles. The van der Waals surface area contributed by atoms with Gasteiger partial charge in [0.15, 0.2) is 10.8 Å². The lowest BCUT2D eigenvalue weighted by Crippen LogP contribution is -2.16. The number of hydrogen-bond acceptors (Lipinski definition) is 4. The summed E-state index contributed by atoms with van der Waals surface area (Å²) in [6, 6.07) is 7.95. The molecule has 130 valence electrons. The van der Waals surface area contributed by atoms with Crippen molar-refractivity contribution in [2.24, 2.45) is 0 Å². The van der Waals surface area contributed by atoms with Crippen LogP contribution in [-0.2, 0) is 20.8 Å². The first-order valence-corrected chi connectivity index (χ1v) is 9.05. The fourth-order valence-electron chi connectivity index (χ4n) is 1.83. The molecular formula is C14H12F3NO4S2. The summed E-state index contributed by atoms with van der Waals surface area (Å²) in [7, 11) is -7.32. The molecule has 2 aromatic carbocycles. The Kier molecular flexibility index (Phi) is 4.90. The highest BCUT2D eigenvalue weighted by atomic mass is 32.2. The molecule has 0 aliphatic carbocycles. The molecule has 0 aliphatic rings. The molecule has 0 amide bonds. The minimum Gasteiger partial charge on any atom is -0.507 e. The highest BCUT2D eigenvalue weighted by molar-refractivity contribution is 7.92. The molecule has 2 aromatic rings. The number of phenols is 1. The maximum absolute atomic E-state index is 12.4. The first kappa shape index (κ1) is 18.3. The quantitative estimate of drug-likeness (QED) is 0.855. The molecule has 10 heteroatoms. The fourth-order valence-corrected chi connectivity index (χ4v) is 3.72. The molecule has 0 radical (unpaired) electrons. The van der Waals surface area contributed by atoms with E-state index < -0.39 is 37.0 Å². The van der Waals surface area contributed by atoms with Crippen molar-refractivity contribution in [2.45, 2.75) is 22.2 Å². The largest absolute Gasteiger partial charge is 0.507 e. The van der Waals surface area contributed by atoms with E-state index in [4.69, 9.17) is 0 Å². The minimum absolute atomic E-state index is 0.0289. The van der Waals surface area contributed by atoms with Gasteiger partial charge in [-0.1, -0.05) is 6.07 Å². The molecule has 2 rings (SSSR count). The van der Waals surface area contributed by atoms with Crippen molar-refractivity contribution in [3.8, 4) is 5.75 Å². The van der Waals surface area contributed by atoms with Crippen LogP contribution in [0.1, 0.15) is 5.56 Å². The van der Waals surface area contributed by atoms with Crippen LogP contribution >= 0.6 is 0 Å². The SMILES string of the molecule is Cc1ccc(O)c(S(=O)(=O)Nc2ccc([S@@](=O)C(F)(F)F)cc2)c1. The van der Waals surface area contributed by atoms with Gasteiger partial charge in [0, 0.05) is 10.6 Å². The molecule has 0 heterocycles. The monoisotopic (exact) mass is 379 g/mol. The third kappa shape index (κ3) is 4.06. The first-order chi connectivity index (χ1) is 11.0. The van der Waals surface area contributed by atoms with Crippen LogP contribution in [0, 0.1) is 6.92 Å². The molecule has 24 heavy (non-hydrogen) atoms. The van der Waals surface area contributed by atoms with E-state index in [1.807, 2.05) is 0 Å². The number of anilines is 1. The summed E-state index contributed by atoms with van der Waals surface area (Å²) in [6.45, 7) is 1.64. The molecular weight excluding hydrogens is 367 g/mol. The fraction of sp³-hybridized carbons (Fsp3) is 0.143. The van der Waals surface area contributed by atoms with Crippen molar-refractivity contribution in [1.82, 2.24) is 0 Å². The molecule has 0 aliphatic heterocycles. The number of alkyl halides is 3. The van der Waals surface area contributed by atoms with Gasteiger partial charge in [-0.25, -0.2) is 12.6 Å². The summed E-state index contributed by atoms with van der Waals surface area (Å²) in [5.41, 5.74) is -4.32. The second kappa shape index (κ2) is 6.44. The highest BCUT2D eigenvalue weighted by Crippen LogP contribution is 2.28. The van der Waals surface area contributed by atoms with Gasteiger partial charge in [-0.05, 0) is 48.9 Å². The third-order valence-corrected chi connectivity index (χ3v) is 5.47. The summed E-state index contributed by atoms with van der Waals surface area (Å²) in [5, 5.41) is 9.67. The molecule has 5 nitrogen and oxygen atoms in total. The number of sulfonamides is 1. The normalized spacial score (nSPS) is 13.5. The van der Waals surface area contributed by atoms with Gasteiger partial charge >= 0.3 is 5.51 Å². The van der Waals surface area contributed by atoms with E-state index >= 15 is 0 Å². The predicted octanol–water partition coefficient (Wildman–Crippen LogP) is 3.13. The summed E-state index contributed by atoms with van der Waals surface area (Å²) in [5.74, 6) is -0.456. The Bertz CT molecular complexity index is 878. The molecule has 2 N–H and O–H groups in total. The van der Waals surface area contributed by atoms with Crippen molar-refractivity contribution in [2.75, 3.05) is 4.72 Å². The number of rotatable bonds is 4. The van der Waals surface area contributed by atoms with Crippen LogP contribution in [0.5, 0.6) is 5.75 Å². The van der Waals surface area contributed by atoms with Crippen molar-refractivity contribution in [3.05, 3.63) is 48.0 Å². The Labute approximate surface area is 138 Å². The standard InChI is InChI=1S/C14H12F3NO4S2/c1-9-2-7-12(19)13(8-9)24(21,22)18-10-3-5-11(6-4-10)23(20)14(15,16)17/h2-8,18-19H,1H3/t23-/m1/s1. The number of aromatic hydroxyl groups is 1. The van der Waals surface area contributed by atoms with Gasteiger partial charge in [0.05, 0.1) is 0 Å². The van der Waals surface area contributed by atoms with E-state index in [2.05, 4.69) is 4.72 Å². The molecule has 0 saturated heterocycles. The number of halogens is 3. The van der Waals surface area contributed by atoms with E-state index in [1.165, 1.54) is 18.2 Å². The Morgan fingerprint density at radius 3 is 2.21 bits per heavy atom. The van der Waals surface area contributed by atoms with Crippen LogP contribution in [0.15, 0.2) is 52.3 Å². The van der Waals surface area contributed by atoms with Crippen LogP contribution in [0.3, 0.4) is 0 Å². The van der Waals surface area contributed by atoms with E-state index in [0.29, 0.717) is 5.56 Å². The lowest BCUT2D eigenvalue weighted by Gasteiger charge is -2.11. The zero-order valence-electron chi connectivity index (χ0n) is 12.2. The summed E-state index contributed by atoms with van der Waals surface area (Å²) in [6.07, 6.45) is 0. The topological polar surface area (TPSA) is 83.5 Å². The van der Waals surface area contributed by atoms with Gasteiger partial charge in [0.2, 0.25) is 0 Å². The maximum atomic E-state index is 12.4. The van der Waals surface area contributed by atoms with Crippen LogP contribution in [0.4, 0.5) is 18.9 Å².